The number of pyridine rings is 1. The second kappa shape index (κ2) is 7.03. The molecule has 0 atom stereocenters. The highest BCUT2D eigenvalue weighted by Gasteiger charge is 2.27. The number of aromatic amines is 1. The fourth-order valence-corrected chi connectivity index (χ4v) is 3.61. The largest absolute Gasteiger partial charge is 0.330 e. The van der Waals surface area contributed by atoms with Crippen LogP contribution in [0.15, 0.2) is 21.9 Å². The Bertz CT molecular complexity index is 1130. The summed E-state index contributed by atoms with van der Waals surface area (Å²) >= 11 is 1.33. The van der Waals surface area contributed by atoms with Crippen LogP contribution in [0.2, 0.25) is 0 Å². The summed E-state index contributed by atoms with van der Waals surface area (Å²) in [7, 11) is 0. The third kappa shape index (κ3) is 3.52. The summed E-state index contributed by atoms with van der Waals surface area (Å²) in [5.41, 5.74) is -0.486. The van der Waals surface area contributed by atoms with E-state index in [1.807, 2.05) is 0 Å². The molecule has 27 heavy (non-hydrogen) atoms. The highest BCUT2D eigenvalue weighted by molar-refractivity contribution is 7.15. The zero-order valence-corrected chi connectivity index (χ0v) is 15.5. The Hall–Kier alpha value is -2.88. The Morgan fingerprint density at radius 1 is 1.37 bits per heavy atom. The number of aromatic nitrogens is 5. The van der Waals surface area contributed by atoms with Crippen LogP contribution in [-0.4, -0.2) is 30.6 Å². The van der Waals surface area contributed by atoms with Crippen LogP contribution >= 0.6 is 11.3 Å². The van der Waals surface area contributed by atoms with Gasteiger partial charge in [-0.05, 0) is 25.3 Å². The summed E-state index contributed by atoms with van der Waals surface area (Å²) in [6.07, 6.45) is 6.03. The fraction of sp³-hybridized carbons (Fsp3) is 0.412. The van der Waals surface area contributed by atoms with Crippen molar-refractivity contribution in [1.82, 2.24) is 24.7 Å². The number of nitrogens with zero attached hydrogens (tertiary/aromatic N) is 4. The third-order valence-electron chi connectivity index (χ3n) is 4.38. The van der Waals surface area contributed by atoms with Crippen molar-refractivity contribution >= 4 is 33.4 Å². The molecule has 1 fully saturated rings. The van der Waals surface area contributed by atoms with Crippen molar-refractivity contribution in [2.75, 3.05) is 5.32 Å². The first-order valence-electron chi connectivity index (χ1n) is 8.85. The molecule has 3 aromatic heterocycles. The molecule has 140 valence electrons. The molecule has 1 aliphatic rings. The van der Waals surface area contributed by atoms with Crippen molar-refractivity contribution in [3.05, 3.63) is 43.7 Å². The van der Waals surface area contributed by atoms with Crippen LogP contribution in [0.4, 0.5) is 5.13 Å². The maximum absolute atomic E-state index is 12.5. The number of carbonyl (C=O) groups excluding carboxylic acids is 1. The van der Waals surface area contributed by atoms with Crippen LogP contribution in [0.25, 0.3) is 11.0 Å². The van der Waals surface area contributed by atoms with E-state index in [1.165, 1.54) is 28.2 Å². The van der Waals surface area contributed by atoms with Crippen LogP contribution < -0.4 is 16.6 Å². The normalized spacial score (nSPS) is 13.8. The van der Waals surface area contributed by atoms with Crippen molar-refractivity contribution < 1.29 is 4.79 Å². The summed E-state index contributed by atoms with van der Waals surface area (Å²) in [5, 5.41) is 12.2. The molecule has 0 bridgehead atoms. The molecule has 3 aromatic rings. The van der Waals surface area contributed by atoms with Gasteiger partial charge < -0.3 is 0 Å². The number of hydrogen-bond acceptors (Lipinski definition) is 7. The molecule has 0 saturated heterocycles. The fourth-order valence-electron chi connectivity index (χ4n) is 2.84. The highest BCUT2D eigenvalue weighted by Crippen LogP contribution is 2.34. The number of anilines is 1. The number of aryl methyl sites for hydroxylation is 1. The van der Waals surface area contributed by atoms with Crippen molar-refractivity contribution in [1.29, 1.82) is 0 Å². The van der Waals surface area contributed by atoms with Crippen LogP contribution in [0.5, 0.6) is 0 Å². The summed E-state index contributed by atoms with van der Waals surface area (Å²) in [6, 6.07) is 1.51. The van der Waals surface area contributed by atoms with E-state index in [0.717, 1.165) is 37.1 Å². The van der Waals surface area contributed by atoms with E-state index >= 15 is 0 Å². The Morgan fingerprint density at radius 2 is 2.19 bits per heavy atom. The van der Waals surface area contributed by atoms with Crippen LogP contribution in [0, 0.1) is 0 Å². The minimum Gasteiger partial charge on any atom is -0.296 e. The zero-order valence-electron chi connectivity index (χ0n) is 14.7. The molecule has 0 spiro atoms. The second-order valence-electron chi connectivity index (χ2n) is 6.51. The van der Waals surface area contributed by atoms with Gasteiger partial charge in [0.2, 0.25) is 5.13 Å². The average Bonchev–Trinajstić information content (AvgIpc) is 3.39. The quantitative estimate of drug-likeness (QED) is 0.667. The lowest BCUT2D eigenvalue weighted by Gasteiger charge is -2.08. The van der Waals surface area contributed by atoms with Gasteiger partial charge in [0.25, 0.3) is 11.5 Å². The maximum atomic E-state index is 12.5. The second-order valence-corrected chi connectivity index (χ2v) is 7.58. The Morgan fingerprint density at radius 3 is 2.93 bits per heavy atom. The summed E-state index contributed by atoms with van der Waals surface area (Å²) in [5.74, 6) is -0.425. The van der Waals surface area contributed by atoms with Crippen LogP contribution in [0.3, 0.4) is 0 Å². The van der Waals surface area contributed by atoms with Crippen molar-refractivity contribution in [3.8, 4) is 0 Å². The molecular weight excluding hydrogens is 368 g/mol. The molecule has 0 aliphatic heterocycles. The van der Waals surface area contributed by atoms with Gasteiger partial charge >= 0.3 is 5.69 Å². The van der Waals surface area contributed by atoms with Gasteiger partial charge in [-0.15, -0.1) is 10.2 Å². The molecular formula is C17H18N6O3S. The Balaban J connectivity index is 1.62. The lowest BCUT2D eigenvalue weighted by Crippen LogP contribution is -2.30. The van der Waals surface area contributed by atoms with Gasteiger partial charge in [0.1, 0.15) is 10.7 Å². The number of rotatable bonds is 6. The third-order valence-corrected chi connectivity index (χ3v) is 5.28. The number of fused-ring (bicyclic) bond motifs is 1. The monoisotopic (exact) mass is 386 g/mol. The number of unbranched alkanes of at least 4 members (excludes halogenated alkanes) is 1. The van der Waals surface area contributed by atoms with Crippen molar-refractivity contribution in [3.63, 3.8) is 0 Å². The molecule has 1 saturated carbocycles. The molecule has 1 aliphatic carbocycles. The first kappa shape index (κ1) is 17.5. The molecule has 3 heterocycles. The number of H-pyrrole nitrogens is 1. The van der Waals surface area contributed by atoms with Crippen molar-refractivity contribution in [2.24, 2.45) is 0 Å². The topological polar surface area (TPSA) is 123 Å². The van der Waals surface area contributed by atoms with E-state index in [9.17, 15) is 14.4 Å². The predicted molar refractivity (Wildman–Crippen MR) is 101 cm³/mol. The minimum absolute atomic E-state index is 0.0620. The van der Waals surface area contributed by atoms with Gasteiger partial charge in [0.15, 0.2) is 0 Å². The summed E-state index contributed by atoms with van der Waals surface area (Å²) < 4.78 is 1.49. The summed E-state index contributed by atoms with van der Waals surface area (Å²) in [4.78, 5) is 43.2. The lowest BCUT2D eigenvalue weighted by molar-refractivity contribution is 0.102. The molecule has 1 amide bonds. The van der Waals surface area contributed by atoms with E-state index < -0.39 is 17.2 Å². The van der Waals surface area contributed by atoms with E-state index in [4.69, 9.17) is 0 Å². The molecule has 10 heteroatoms. The van der Waals surface area contributed by atoms with Gasteiger partial charge in [0.05, 0.1) is 10.9 Å². The summed E-state index contributed by atoms with van der Waals surface area (Å²) in [6.45, 7) is 2.10. The highest BCUT2D eigenvalue weighted by atomic mass is 32.1. The van der Waals surface area contributed by atoms with E-state index in [0.29, 0.717) is 10.8 Å². The average molecular weight is 386 g/mol. The number of nitrogens with one attached hydrogen (secondary N) is 2. The van der Waals surface area contributed by atoms with Crippen LogP contribution in [-0.2, 0) is 6.42 Å². The SMILES string of the molecule is CCCCc1nnc(NC(=O)c2cnc3c(c2)c(=O)[nH]c(=O)n3C2CC2)s1. The lowest BCUT2D eigenvalue weighted by atomic mass is 10.2. The smallest absolute Gasteiger partial charge is 0.296 e. The number of hydrogen-bond donors (Lipinski definition) is 2. The molecule has 0 radical (unpaired) electrons. The standard InChI is InChI=1S/C17H18N6O3S/c1-2-3-4-12-21-22-16(27-12)19-14(24)9-7-11-13(18-8-9)23(10-5-6-10)17(26)20-15(11)25/h7-8,10H,2-6H2,1H3,(H,19,22,24)(H,20,25,26). The Labute approximate surface area is 157 Å². The van der Waals surface area contributed by atoms with Gasteiger partial charge in [-0.1, -0.05) is 24.7 Å². The first-order valence-corrected chi connectivity index (χ1v) is 9.66. The van der Waals surface area contributed by atoms with E-state index in [1.54, 1.807) is 0 Å². The van der Waals surface area contributed by atoms with Gasteiger partial charge in [-0.2, -0.15) is 0 Å². The molecule has 0 unspecified atom stereocenters. The van der Waals surface area contributed by atoms with Crippen molar-refractivity contribution in [2.45, 2.75) is 45.1 Å². The molecule has 4 rings (SSSR count). The van der Waals surface area contributed by atoms with Gasteiger partial charge in [-0.25, -0.2) is 9.78 Å². The van der Waals surface area contributed by atoms with Gasteiger partial charge in [0, 0.05) is 18.7 Å². The Kier molecular flexibility index (Phi) is 4.56. The first-order chi connectivity index (χ1) is 13.1. The number of amides is 1. The predicted octanol–water partition coefficient (Wildman–Crippen LogP) is 1.87. The molecule has 9 nitrogen and oxygen atoms in total. The van der Waals surface area contributed by atoms with Crippen LogP contribution in [0.1, 0.15) is 54.0 Å². The minimum atomic E-state index is -0.549. The van der Waals surface area contributed by atoms with E-state index in [2.05, 4.69) is 32.4 Å². The molecule has 0 aromatic carbocycles. The number of carbonyl (C=O) groups is 1. The van der Waals surface area contributed by atoms with E-state index in [-0.39, 0.29) is 17.0 Å². The zero-order chi connectivity index (χ0) is 19.0. The maximum Gasteiger partial charge on any atom is 0.330 e. The molecule has 2 N–H and O–H groups in total. The van der Waals surface area contributed by atoms with Gasteiger partial charge in [-0.3, -0.25) is 24.5 Å².